The smallest absolute Gasteiger partial charge is 0.301 e. The standard InChI is InChI=1S/C24H15Cl2N3O4S/c1-33-22-14(25)10-13(11-15(22)26)20(30)18-19(12-6-8-27-9-7-12)29(23(32)21(18)31)24-28-16-4-2-3-5-17(16)34-24/h2-11,19,30H,1H3/b20-18+. The van der Waals surface area contributed by atoms with E-state index in [0.717, 1.165) is 4.70 Å². The van der Waals surface area contributed by atoms with Gasteiger partial charge in [0, 0.05) is 18.0 Å². The molecule has 1 aliphatic heterocycles. The van der Waals surface area contributed by atoms with E-state index in [2.05, 4.69) is 9.97 Å². The van der Waals surface area contributed by atoms with Gasteiger partial charge in [-0.15, -0.1) is 0 Å². The second kappa shape index (κ2) is 8.72. The first kappa shape index (κ1) is 22.3. The summed E-state index contributed by atoms with van der Waals surface area (Å²) in [4.78, 5) is 36.4. The molecule has 34 heavy (non-hydrogen) atoms. The number of anilines is 1. The molecule has 1 N–H and O–H groups in total. The van der Waals surface area contributed by atoms with Gasteiger partial charge in [0.15, 0.2) is 10.9 Å². The minimum atomic E-state index is -0.928. The highest BCUT2D eigenvalue weighted by atomic mass is 35.5. The van der Waals surface area contributed by atoms with Crippen molar-refractivity contribution in [1.29, 1.82) is 0 Å². The highest BCUT2D eigenvalue weighted by Gasteiger charge is 2.48. The number of aliphatic hydroxyl groups excluding tert-OH is 1. The lowest BCUT2D eigenvalue weighted by molar-refractivity contribution is -0.132. The van der Waals surface area contributed by atoms with Crippen LogP contribution in [0.1, 0.15) is 17.2 Å². The second-order valence-corrected chi connectivity index (χ2v) is 9.21. The number of aromatic nitrogens is 2. The fourth-order valence-corrected chi connectivity index (χ4v) is 5.53. The van der Waals surface area contributed by atoms with Crippen molar-refractivity contribution in [2.24, 2.45) is 0 Å². The zero-order valence-electron chi connectivity index (χ0n) is 17.5. The first-order valence-corrected chi connectivity index (χ1v) is 11.6. The van der Waals surface area contributed by atoms with E-state index in [4.69, 9.17) is 27.9 Å². The lowest BCUT2D eigenvalue weighted by atomic mass is 9.96. The van der Waals surface area contributed by atoms with Gasteiger partial charge in [-0.3, -0.25) is 19.5 Å². The number of amides is 1. The zero-order chi connectivity index (χ0) is 24.0. The molecule has 0 spiro atoms. The summed E-state index contributed by atoms with van der Waals surface area (Å²) in [7, 11) is 1.42. The quantitative estimate of drug-likeness (QED) is 0.216. The predicted molar refractivity (Wildman–Crippen MR) is 132 cm³/mol. The average Bonchev–Trinajstić information content (AvgIpc) is 3.37. The van der Waals surface area contributed by atoms with Gasteiger partial charge < -0.3 is 9.84 Å². The van der Waals surface area contributed by atoms with Crippen molar-refractivity contribution < 1.29 is 19.4 Å². The Kier molecular flexibility index (Phi) is 5.73. The number of hydrogen-bond acceptors (Lipinski definition) is 7. The van der Waals surface area contributed by atoms with Crippen LogP contribution in [0.25, 0.3) is 16.0 Å². The molecule has 2 aromatic carbocycles. The molecule has 170 valence electrons. The highest BCUT2D eigenvalue weighted by molar-refractivity contribution is 7.22. The van der Waals surface area contributed by atoms with Gasteiger partial charge in [0.05, 0.1) is 39.0 Å². The summed E-state index contributed by atoms with van der Waals surface area (Å²) in [5.74, 6) is -1.81. The van der Waals surface area contributed by atoms with Crippen LogP contribution in [0.4, 0.5) is 5.13 Å². The van der Waals surface area contributed by atoms with Gasteiger partial charge in [-0.1, -0.05) is 46.7 Å². The topological polar surface area (TPSA) is 92.6 Å². The number of Topliss-reactive ketones (excluding diaryl/α,β-unsaturated/α-hetero) is 1. The van der Waals surface area contributed by atoms with Crippen molar-refractivity contribution in [2.45, 2.75) is 6.04 Å². The maximum Gasteiger partial charge on any atom is 0.301 e. The molecule has 1 aliphatic rings. The van der Waals surface area contributed by atoms with Crippen LogP contribution >= 0.6 is 34.5 Å². The van der Waals surface area contributed by atoms with Crippen molar-refractivity contribution in [3.63, 3.8) is 0 Å². The molecule has 1 amide bonds. The van der Waals surface area contributed by atoms with E-state index in [-0.39, 0.29) is 26.9 Å². The monoisotopic (exact) mass is 511 g/mol. The van der Waals surface area contributed by atoms with Crippen LogP contribution in [0.3, 0.4) is 0 Å². The van der Waals surface area contributed by atoms with Crippen LogP contribution in [0, 0.1) is 0 Å². The van der Waals surface area contributed by atoms with E-state index in [1.807, 2.05) is 24.3 Å². The third-order valence-electron chi connectivity index (χ3n) is 5.43. The number of rotatable bonds is 4. The molecule has 2 aromatic heterocycles. The number of ether oxygens (including phenoxy) is 1. The summed E-state index contributed by atoms with van der Waals surface area (Å²) in [5.41, 5.74) is 1.36. The summed E-state index contributed by atoms with van der Waals surface area (Å²) < 4.78 is 6.03. The summed E-state index contributed by atoms with van der Waals surface area (Å²) in [6.45, 7) is 0. The van der Waals surface area contributed by atoms with Gasteiger partial charge in [-0.05, 0) is 42.0 Å². The van der Waals surface area contributed by atoms with Gasteiger partial charge in [0.1, 0.15) is 5.76 Å². The van der Waals surface area contributed by atoms with E-state index in [1.165, 1.54) is 35.5 Å². The van der Waals surface area contributed by atoms with Gasteiger partial charge in [-0.25, -0.2) is 4.98 Å². The molecule has 3 heterocycles. The Morgan fingerprint density at radius 2 is 1.76 bits per heavy atom. The summed E-state index contributed by atoms with van der Waals surface area (Å²) in [6, 6.07) is 12.7. The number of halogens is 2. The first-order valence-electron chi connectivity index (χ1n) is 10.0. The molecular weight excluding hydrogens is 497 g/mol. The van der Waals surface area contributed by atoms with Gasteiger partial charge >= 0.3 is 5.91 Å². The number of methoxy groups -OCH3 is 1. The van der Waals surface area contributed by atoms with Crippen molar-refractivity contribution in [3.8, 4) is 5.75 Å². The molecule has 4 aromatic rings. The Morgan fingerprint density at radius 1 is 1.09 bits per heavy atom. The molecule has 0 saturated carbocycles. The molecule has 1 saturated heterocycles. The van der Waals surface area contributed by atoms with Crippen molar-refractivity contribution in [2.75, 3.05) is 12.0 Å². The molecule has 0 aliphatic carbocycles. The van der Waals surface area contributed by atoms with Gasteiger partial charge in [0.2, 0.25) is 0 Å². The number of pyridine rings is 1. The molecular formula is C24H15Cl2N3O4S. The molecule has 1 fully saturated rings. The van der Waals surface area contributed by atoms with Crippen LogP contribution in [0.2, 0.25) is 10.0 Å². The molecule has 0 radical (unpaired) electrons. The van der Waals surface area contributed by atoms with Gasteiger partial charge in [0.25, 0.3) is 5.78 Å². The maximum absolute atomic E-state index is 13.3. The van der Waals surface area contributed by atoms with Crippen molar-refractivity contribution >= 4 is 67.3 Å². The number of benzene rings is 2. The van der Waals surface area contributed by atoms with Crippen LogP contribution in [0.15, 0.2) is 66.5 Å². The van der Waals surface area contributed by atoms with E-state index < -0.39 is 23.5 Å². The Hall–Kier alpha value is -3.46. The number of aliphatic hydroxyl groups is 1. The number of thiazole rings is 1. The Balaban J connectivity index is 1.73. The average molecular weight is 512 g/mol. The summed E-state index contributed by atoms with van der Waals surface area (Å²) in [5, 5.41) is 11.9. The molecule has 7 nitrogen and oxygen atoms in total. The van der Waals surface area contributed by atoms with Crippen LogP contribution < -0.4 is 9.64 Å². The van der Waals surface area contributed by atoms with Crippen LogP contribution in [-0.4, -0.2) is 33.9 Å². The largest absolute Gasteiger partial charge is 0.507 e. The SMILES string of the molecule is COc1c(Cl)cc(/C(O)=C2\C(=O)C(=O)N(c3nc4ccccc4s3)C2c2ccncc2)cc1Cl. The number of ketones is 1. The Bertz CT molecular complexity index is 1430. The normalized spacial score (nSPS) is 17.5. The fourth-order valence-electron chi connectivity index (χ4n) is 3.90. The zero-order valence-corrected chi connectivity index (χ0v) is 19.9. The molecule has 5 rings (SSSR count). The number of para-hydroxylation sites is 1. The lowest BCUT2D eigenvalue weighted by Crippen LogP contribution is -2.29. The predicted octanol–water partition coefficient (Wildman–Crippen LogP) is 5.63. The van der Waals surface area contributed by atoms with E-state index >= 15 is 0 Å². The summed E-state index contributed by atoms with van der Waals surface area (Å²) in [6.07, 6.45) is 3.10. The minimum Gasteiger partial charge on any atom is -0.507 e. The number of carbonyl (C=O) groups is 2. The first-order chi connectivity index (χ1) is 16.4. The molecule has 0 bridgehead atoms. The third kappa shape index (κ3) is 3.60. The molecule has 10 heteroatoms. The Labute approximate surface area is 207 Å². The molecule has 1 unspecified atom stereocenters. The highest BCUT2D eigenvalue weighted by Crippen LogP contribution is 2.45. The number of nitrogens with zero attached hydrogens (tertiary/aromatic N) is 3. The van der Waals surface area contributed by atoms with E-state index in [9.17, 15) is 14.7 Å². The summed E-state index contributed by atoms with van der Waals surface area (Å²) >= 11 is 13.8. The number of fused-ring (bicyclic) bond motifs is 1. The third-order valence-corrected chi connectivity index (χ3v) is 7.03. The van der Waals surface area contributed by atoms with E-state index in [0.29, 0.717) is 16.2 Å². The number of hydrogen-bond donors (Lipinski definition) is 1. The van der Waals surface area contributed by atoms with Crippen LogP contribution in [-0.2, 0) is 9.59 Å². The van der Waals surface area contributed by atoms with Crippen LogP contribution in [0.5, 0.6) is 5.75 Å². The van der Waals surface area contributed by atoms with Crippen molar-refractivity contribution in [1.82, 2.24) is 9.97 Å². The lowest BCUT2D eigenvalue weighted by Gasteiger charge is -2.22. The minimum absolute atomic E-state index is 0.104. The maximum atomic E-state index is 13.3. The molecule has 1 atom stereocenters. The van der Waals surface area contributed by atoms with Gasteiger partial charge in [-0.2, -0.15) is 0 Å². The number of carbonyl (C=O) groups excluding carboxylic acids is 2. The van der Waals surface area contributed by atoms with E-state index in [1.54, 1.807) is 24.5 Å². The Morgan fingerprint density at radius 3 is 2.41 bits per heavy atom. The fraction of sp³-hybridized carbons (Fsp3) is 0.0833. The van der Waals surface area contributed by atoms with Crippen molar-refractivity contribution in [3.05, 3.63) is 87.7 Å². The second-order valence-electron chi connectivity index (χ2n) is 7.39.